The molecular weight excluding hydrogens is 228 g/mol. The van der Waals surface area contributed by atoms with E-state index in [1.54, 1.807) is 12.1 Å². The van der Waals surface area contributed by atoms with Crippen molar-refractivity contribution in [2.24, 2.45) is 0 Å². The fraction of sp³-hybridized carbons (Fsp3) is 0.556. The van der Waals surface area contributed by atoms with E-state index in [0.717, 1.165) is 13.1 Å². The van der Waals surface area contributed by atoms with Crippen LogP contribution in [-0.2, 0) is 10.0 Å². The molecule has 6 nitrogen and oxygen atoms in total. The van der Waals surface area contributed by atoms with Crippen LogP contribution in [0.15, 0.2) is 18.3 Å². The molecule has 0 bridgehead atoms. The fourth-order valence-electron chi connectivity index (χ4n) is 1.69. The minimum Gasteiger partial charge on any atom is -0.317 e. The summed E-state index contributed by atoms with van der Waals surface area (Å²) in [4.78, 5) is 0. The lowest BCUT2D eigenvalue weighted by Gasteiger charge is -2.22. The highest BCUT2D eigenvalue weighted by Gasteiger charge is 2.27. The predicted octanol–water partition coefficient (Wildman–Crippen LogP) is -0.0297. The van der Waals surface area contributed by atoms with Gasteiger partial charge < -0.3 is 5.32 Å². The van der Waals surface area contributed by atoms with E-state index in [0.29, 0.717) is 12.8 Å². The number of piperidine rings is 1. The van der Waals surface area contributed by atoms with Crippen LogP contribution >= 0.6 is 0 Å². The molecule has 0 saturated carbocycles. The lowest BCUT2D eigenvalue weighted by molar-refractivity contribution is 0.499. The normalized spacial score (nSPS) is 18.2. The number of nitrogens with zero attached hydrogens (tertiary/aromatic N) is 2. The predicted molar refractivity (Wildman–Crippen MR) is 60.5 cm³/mol. The van der Waals surface area contributed by atoms with E-state index in [1.807, 2.05) is 0 Å². The van der Waals surface area contributed by atoms with Gasteiger partial charge in [-0.1, -0.05) is 0 Å². The van der Waals surface area contributed by atoms with Crippen LogP contribution in [0.5, 0.6) is 0 Å². The largest absolute Gasteiger partial charge is 0.317 e. The third-order valence-corrected chi connectivity index (χ3v) is 4.39. The summed E-state index contributed by atoms with van der Waals surface area (Å²) in [7, 11) is -3.33. The molecule has 1 aromatic heterocycles. The first-order valence-electron chi connectivity index (χ1n) is 5.18. The summed E-state index contributed by atoms with van der Waals surface area (Å²) in [5.41, 5.74) is 0. The number of anilines is 1. The van der Waals surface area contributed by atoms with Crippen LogP contribution in [0.3, 0.4) is 0 Å². The molecule has 2 N–H and O–H groups in total. The highest BCUT2D eigenvalue weighted by atomic mass is 32.2. The zero-order valence-electron chi connectivity index (χ0n) is 8.76. The van der Waals surface area contributed by atoms with Crippen LogP contribution in [0.25, 0.3) is 0 Å². The fourth-order valence-corrected chi connectivity index (χ4v) is 3.11. The van der Waals surface area contributed by atoms with Gasteiger partial charge in [-0.3, -0.25) is 4.72 Å². The molecule has 0 amide bonds. The summed E-state index contributed by atoms with van der Waals surface area (Å²) in [6.45, 7) is 1.48. The van der Waals surface area contributed by atoms with E-state index in [-0.39, 0.29) is 11.1 Å². The Hall–Kier alpha value is -1.21. The maximum atomic E-state index is 11.9. The summed E-state index contributed by atoms with van der Waals surface area (Å²) < 4.78 is 26.4. The molecule has 7 heteroatoms. The van der Waals surface area contributed by atoms with Crippen molar-refractivity contribution in [2.75, 3.05) is 17.8 Å². The Morgan fingerprint density at radius 1 is 1.38 bits per heavy atom. The van der Waals surface area contributed by atoms with Gasteiger partial charge in [-0.05, 0) is 38.1 Å². The molecule has 1 aromatic rings. The molecule has 0 aromatic carbocycles. The monoisotopic (exact) mass is 242 g/mol. The van der Waals surface area contributed by atoms with Crippen LogP contribution in [0.1, 0.15) is 12.8 Å². The molecule has 0 spiro atoms. The molecule has 0 aliphatic carbocycles. The molecule has 0 unspecified atom stereocenters. The third kappa shape index (κ3) is 2.67. The lowest BCUT2D eigenvalue weighted by atomic mass is 10.2. The van der Waals surface area contributed by atoms with E-state index in [9.17, 15) is 8.42 Å². The van der Waals surface area contributed by atoms with E-state index >= 15 is 0 Å². The summed E-state index contributed by atoms with van der Waals surface area (Å²) in [5, 5.41) is 10.1. The highest BCUT2D eigenvalue weighted by Crippen LogP contribution is 2.15. The van der Waals surface area contributed by atoms with E-state index < -0.39 is 10.0 Å². The molecule has 1 saturated heterocycles. The standard InChI is InChI=1S/C9H14N4O2S/c14-16(15,8-3-6-10-7-4-8)13-9-2-1-5-11-12-9/h1-2,5,8,10H,3-4,6-7H2,(H,12,13). The van der Waals surface area contributed by atoms with Gasteiger partial charge in [-0.15, -0.1) is 5.10 Å². The Morgan fingerprint density at radius 2 is 2.12 bits per heavy atom. The average Bonchev–Trinajstić information content (AvgIpc) is 2.31. The number of hydrogen-bond acceptors (Lipinski definition) is 5. The van der Waals surface area contributed by atoms with Crippen molar-refractivity contribution in [1.82, 2.24) is 15.5 Å². The molecule has 0 atom stereocenters. The molecular formula is C9H14N4O2S. The molecule has 88 valence electrons. The summed E-state index contributed by atoms with van der Waals surface area (Å²) in [6.07, 6.45) is 2.77. The maximum Gasteiger partial charge on any atom is 0.236 e. The van der Waals surface area contributed by atoms with Crippen LogP contribution in [0.4, 0.5) is 5.82 Å². The molecule has 1 aliphatic rings. The third-order valence-electron chi connectivity index (χ3n) is 2.54. The Morgan fingerprint density at radius 3 is 2.75 bits per heavy atom. The van der Waals surface area contributed by atoms with Crippen LogP contribution in [0.2, 0.25) is 0 Å². The molecule has 0 radical (unpaired) electrons. The molecule has 2 heterocycles. The van der Waals surface area contributed by atoms with Gasteiger partial charge in [0.05, 0.1) is 5.25 Å². The molecule has 16 heavy (non-hydrogen) atoms. The zero-order chi connectivity index (χ0) is 11.4. The van der Waals surface area contributed by atoms with Crippen molar-refractivity contribution in [2.45, 2.75) is 18.1 Å². The topological polar surface area (TPSA) is 84.0 Å². The van der Waals surface area contributed by atoms with Gasteiger partial charge in [0.2, 0.25) is 10.0 Å². The van der Waals surface area contributed by atoms with Gasteiger partial charge in [0.25, 0.3) is 0 Å². The minimum absolute atomic E-state index is 0.279. The highest BCUT2D eigenvalue weighted by molar-refractivity contribution is 7.93. The minimum atomic E-state index is -3.33. The second-order valence-electron chi connectivity index (χ2n) is 3.71. The van der Waals surface area contributed by atoms with Gasteiger partial charge >= 0.3 is 0 Å². The van der Waals surface area contributed by atoms with Crippen LogP contribution < -0.4 is 10.0 Å². The van der Waals surface area contributed by atoms with Crippen molar-refractivity contribution >= 4 is 15.8 Å². The molecule has 1 fully saturated rings. The zero-order valence-corrected chi connectivity index (χ0v) is 9.57. The molecule has 1 aliphatic heterocycles. The van der Waals surface area contributed by atoms with E-state index in [2.05, 4.69) is 20.2 Å². The quantitative estimate of drug-likeness (QED) is 0.777. The average molecular weight is 242 g/mol. The van der Waals surface area contributed by atoms with Crippen molar-refractivity contribution < 1.29 is 8.42 Å². The first-order valence-corrected chi connectivity index (χ1v) is 6.73. The van der Waals surface area contributed by atoms with Gasteiger partial charge in [0.1, 0.15) is 0 Å². The summed E-state index contributed by atoms with van der Waals surface area (Å²) in [6, 6.07) is 3.24. The second kappa shape index (κ2) is 4.75. The van der Waals surface area contributed by atoms with Gasteiger partial charge in [-0.2, -0.15) is 5.10 Å². The summed E-state index contributed by atoms with van der Waals surface area (Å²) >= 11 is 0. The van der Waals surface area contributed by atoms with Gasteiger partial charge in [-0.25, -0.2) is 8.42 Å². The first kappa shape index (κ1) is 11.3. The number of nitrogens with one attached hydrogen (secondary N) is 2. The second-order valence-corrected chi connectivity index (χ2v) is 5.67. The van der Waals surface area contributed by atoms with E-state index in [1.165, 1.54) is 6.20 Å². The smallest absolute Gasteiger partial charge is 0.236 e. The van der Waals surface area contributed by atoms with Crippen molar-refractivity contribution in [1.29, 1.82) is 0 Å². The van der Waals surface area contributed by atoms with Gasteiger partial charge in [0, 0.05) is 6.20 Å². The van der Waals surface area contributed by atoms with Crippen molar-refractivity contribution in [3.63, 3.8) is 0 Å². The first-order chi connectivity index (χ1) is 7.68. The lowest BCUT2D eigenvalue weighted by Crippen LogP contribution is -2.38. The summed E-state index contributed by atoms with van der Waals surface area (Å²) in [5.74, 6) is 0.279. The number of rotatable bonds is 3. The van der Waals surface area contributed by atoms with Crippen molar-refractivity contribution in [3.8, 4) is 0 Å². The SMILES string of the molecule is O=S(=O)(Nc1cccnn1)C1CCNCC1. The number of sulfonamides is 1. The maximum absolute atomic E-state index is 11.9. The number of hydrogen-bond donors (Lipinski definition) is 2. The molecule has 2 rings (SSSR count). The Balaban J connectivity index is 2.08. The van der Waals surface area contributed by atoms with Gasteiger partial charge in [0.15, 0.2) is 5.82 Å². The van der Waals surface area contributed by atoms with Crippen LogP contribution in [-0.4, -0.2) is 37.0 Å². The van der Waals surface area contributed by atoms with Crippen LogP contribution in [0, 0.1) is 0 Å². The Labute approximate surface area is 94.5 Å². The number of aromatic nitrogens is 2. The van der Waals surface area contributed by atoms with E-state index in [4.69, 9.17) is 0 Å². The Kier molecular flexibility index (Phi) is 3.35. The Bertz CT molecular complexity index is 428. The van der Waals surface area contributed by atoms with Crippen molar-refractivity contribution in [3.05, 3.63) is 18.3 Å².